The van der Waals surface area contributed by atoms with Crippen molar-refractivity contribution in [1.29, 1.82) is 0 Å². The summed E-state index contributed by atoms with van der Waals surface area (Å²) in [6, 6.07) is 18.1. The summed E-state index contributed by atoms with van der Waals surface area (Å²) in [6.45, 7) is 5.16. The summed E-state index contributed by atoms with van der Waals surface area (Å²) in [5.74, 6) is 0.0853. The van der Waals surface area contributed by atoms with Gasteiger partial charge in [0.15, 0.2) is 0 Å². The fraction of sp³-hybridized carbons (Fsp3) is 0.381. The molecule has 4 heteroatoms. The van der Waals surface area contributed by atoms with E-state index >= 15 is 0 Å². The molecule has 1 aliphatic rings. The minimum absolute atomic E-state index is 0.0853. The molecular formula is C21H27N3O. The lowest BCUT2D eigenvalue weighted by atomic mass is 10.1. The molecule has 0 spiro atoms. The van der Waals surface area contributed by atoms with E-state index in [0.29, 0.717) is 13.1 Å². The second kappa shape index (κ2) is 8.56. The molecule has 2 aromatic carbocycles. The normalized spacial score (nSPS) is 14.2. The molecule has 0 radical (unpaired) electrons. The van der Waals surface area contributed by atoms with Crippen LogP contribution >= 0.6 is 0 Å². The molecule has 1 aliphatic heterocycles. The number of piperidine rings is 1. The monoisotopic (exact) mass is 337 g/mol. The van der Waals surface area contributed by atoms with Crippen LogP contribution in [-0.2, 0) is 4.79 Å². The van der Waals surface area contributed by atoms with Crippen LogP contribution < -0.4 is 15.1 Å². The van der Waals surface area contributed by atoms with Crippen LogP contribution in [0.3, 0.4) is 0 Å². The number of nitrogens with zero attached hydrogens (tertiary/aromatic N) is 2. The van der Waals surface area contributed by atoms with Crippen LogP contribution in [-0.4, -0.2) is 32.1 Å². The number of carbonyl (C=O) groups is 1. The third-order valence-corrected chi connectivity index (χ3v) is 4.72. The van der Waals surface area contributed by atoms with E-state index in [0.717, 1.165) is 24.5 Å². The van der Waals surface area contributed by atoms with E-state index in [9.17, 15) is 4.79 Å². The molecular weight excluding hydrogens is 310 g/mol. The molecule has 1 fully saturated rings. The second-order valence-electron chi connectivity index (χ2n) is 6.39. The predicted octanol–water partition coefficient (Wildman–Crippen LogP) is 4.14. The Bertz CT molecular complexity index is 681. The minimum Gasteiger partial charge on any atom is -0.374 e. The Hall–Kier alpha value is -2.49. The number of nitrogens with one attached hydrogen (secondary N) is 1. The van der Waals surface area contributed by atoms with E-state index in [2.05, 4.69) is 28.4 Å². The van der Waals surface area contributed by atoms with Gasteiger partial charge in [0.2, 0.25) is 5.91 Å². The van der Waals surface area contributed by atoms with Crippen LogP contribution in [0.5, 0.6) is 0 Å². The summed E-state index contributed by atoms with van der Waals surface area (Å²) in [4.78, 5) is 16.9. The number of benzene rings is 2. The quantitative estimate of drug-likeness (QED) is 0.860. The van der Waals surface area contributed by atoms with Crippen molar-refractivity contribution in [3.8, 4) is 0 Å². The molecule has 0 atom stereocenters. The minimum atomic E-state index is 0.0853. The van der Waals surface area contributed by atoms with Gasteiger partial charge in [0, 0.05) is 25.3 Å². The Balaban J connectivity index is 1.67. The van der Waals surface area contributed by atoms with Crippen molar-refractivity contribution in [2.75, 3.05) is 41.3 Å². The number of carbonyl (C=O) groups excluding carboxylic acids is 1. The zero-order valence-electron chi connectivity index (χ0n) is 14.9. The highest BCUT2D eigenvalue weighted by atomic mass is 16.2. The second-order valence-corrected chi connectivity index (χ2v) is 6.39. The van der Waals surface area contributed by atoms with Crippen molar-refractivity contribution in [2.24, 2.45) is 0 Å². The first-order valence-corrected chi connectivity index (χ1v) is 9.23. The maximum atomic E-state index is 12.7. The molecule has 3 rings (SSSR count). The molecule has 0 aromatic heterocycles. The average molecular weight is 337 g/mol. The molecule has 0 aliphatic carbocycles. The largest absolute Gasteiger partial charge is 0.374 e. The van der Waals surface area contributed by atoms with Gasteiger partial charge in [0.25, 0.3) is 0 Å². The first kappa shape index (κ1) is 17.3. The van der Waals surface area contributed by atoms with Gasteiger partial charge in [0.1, 0.15) is 0 Å². The van der Waals surface area contributed by atoms with Gasteiger partial charge in [-0.25, -0.2) is 0 Å². The Kier molecular flexibility index (Phi) is 5.94. The zero-order chi connectivity index (χ0) is 17.5. The fourth-order valence-electron chi connectivity index (χ4n) is 3.41. The van der Waals surface area contributed by atoms with Crippen LogP contribution in [0.1, 0.15) is 26.2 Å². The fourth-order valence-corrected chi connectivity index (χ4v) is 3.41. The predicted molar refractivity (Wildman–Crippen MR) is 105 cm³/mol. The summed E-state index contributed by atoms with van der Waals surface area (Å²) < 4.78 is 0. The van der Waals surface area contributed by atoms with E-state index in [4.69, 9.17) is 0 Å². The van der Waals surface area contributed by atoms with Gasteiger partial charge in [-0.1, -0.05) is 30.3 Å². The number of anilines is 3. The molecule has 0 saturated carbocycles. The highest BCUT2D eigenvalue weighted by Crippen LogP contribution is 2.28. The lowest BCUT2D eigenvalue weighted by Gasteiger charge is -2.31. The van der Waals surface area contributed by atoms with Crippen LogP contribution in [0.25, 0.3) is 0 Å². The number of para-hydroxylation sites is 3. The van der Waals surface area contributed by atoms with E-state index in [1.807, 2.05) is 48.2 Å². The van der Waals surface area contributed by atoms with E-state index in [-0.39, 0.29) is 5.91 Å². The van der Waals surface area contributed by atoms with Crippen LogP contribution in [0.4, 0.5) is 17.1 Å². The maximum Gasteiger partial charge on any atom is 0.246 e. The van der Waals surface area contributed by atoms with Gasteiger partial charge in [-0.15, -0.1) is 0 Å². The van der Waals surface area contributed by atoms with Crippen molar-refractivity contribution < 1.29 is 4.79 Å². The summed E-state index contributed by atoms with van der Waals surface area (Å²) in [5.41, 5.74) is 3.20. The van der Waals surface area contributed by atoms with Gasteiger partial charge < -0.3 is 15.1 Å². The standard InChI is InChI=1S/C21H27N3O/c1-2-24(18-11-5-3-6-12-18)21(25)17-22-19-13-7-8-14-20(19)23-15-9-4-10-16-23/h3,5-8,11-14,22H,2,4,9-10,15-17H2,1H3. The van der Waals surface area contributed by atoms with Crippen LogP contribution in [0, 0.1) is 0 Å². The Morgan fingerprint density at radius 2 is 1.68 bits per heavy atom. The summed E-state index contributed by atoms with van der Waals surface area (Å²) in [6.07, 6.45) is 3.79. The highest BCUT2D eigenvalue weighted by Gasteiger charge is 2.16. The smallest absolute Gasteiger partial charge is 0.246 e. The number of hydrogen-bond acceptors (Lipinski definition) is 3. The average Bonchev–Trinajstić information content (AvgIpc) is 2.69. The lowest BCUT2D eigenvalue weighted by molar-refractivity contribution is -0.116. The van der Waals surface area contributed by atoms with Gasteiger partial charge >= 0.3 is 0 Å². The number of likely N-dealkylation sites (N-methyl/N-ethyl adjacent to an activating group) is 1. The highest BCUT2D eigenvalue weighted by molar-refractivity contribution is 5.96. The molecule has 0 bridgehead atoms. The third-order valence-electron chi connectivity index (χ3n) is 4.72. The molecule has 25 heavy (non-hydrogen) atoms. The molecule has 1 N–H and O–H groups in total. The van der Waals surface area contributed by atoms with Crippen LogP contribution in [0.2, 0.25) is 0 Å². The molecule has 1 heterocycles. The summed E-state index contributed by atoms with van der Waals surface area (Å²) >= 11 is 0. The first-order chi connectivity index (χ1) is 12.3. The first-order valence-electron chi connectivity index (χ1n) is 9.23. The van der Waals surface area contributed by atoms with Gasteiger partial charge in [-0.3, -0.25) is 4.79 Å². The van der Waals surface area contributed by atoms with Crippen molar-refractivity contribution in [3.05, 3.63) is 54.6 Å². The van der Waals surface area contributed by atoms with E-state index < -0.39 is 0 Å². The molecule has 4 nitrogen and oxygen atoms in total. The number of hydrogen-bond donors (Lipinski definition) is 1. The topological polar surface area (TPSA) is 35.6 Å². The molecule has 0 unspecified atom stereocenters. The Morgan fingerprint density at radius 1 is 1.00 bits per heavy atom. The number of amides is 1. The lowest BCUT2D eigenvalue weighted by Crippen LogP contribution is -2.36. The molecule has 1 amide bonds. The van der Waals surface area contributed by atoms with Gasteiger partial charge in [0.05, 0.1) is 17.9 Å². The third kappa shape index (κ3) is 4.32. The summed E-state index contributed by atoms with van der Waals surface area (Å²) in [5, 5.41) is 3.36. The summed E-state index contributed by atoms with van der Waals surface area (Å²) in [7, 11) is 0. The van der Waals surface area contributed by atoms with E-state index in [1.165, 1.54) is 24.9 Å². The van der Waals surface area contributed by atoms with Gasteiger partial charge in [-0.2, -0.15) is 0 Å². The van der Waals surface area contributed by atoms with Crippen molar-refractivity contribution >= 4 is 23.0 Å². The SMILES string of the molecule is CCN(C(=O)CNc1ccccc1N1CCCCC1)c1ccccc1. The molecule has 2 aromatic rings. The Labute approximate surface area is 150 Å². The van der Waals surface area contributed by atoms with Crippen molar-refractivity contribution in [1.82, 2.24) is 0 Å². The maximum absolute atomic E-state index is 12.7. The van der Waals surface area contributed by atoms with Gasteiger partial charge in [-0.05, 0) is 50.5 Å². The van der Waals surface area contributed by atoms with Crippen molar-refractivity contribution in [3.63, 3.8) is 0 Å². The number of rotatable bonds is 6. The van der Waals surface area contributed by atoms with E-state index in [1.54, 1.807) is 0 Å². The molecule has 132 valence electrons. The Morgan fingerprint density at radius 3 is 2.40 bits per heavy atom. The van der Waals surface area contributed by atoms with Crippen LogP contribution in [0.15, 0.2) is 54.6 Å². The zero-order valence-corrected chi connectivity index (χ0v) is 14.9. The van der Waals surface area contributed by atoms with Crippen molar-refractivity contribution in [2.45, 2.75) is 26.2 Å². The molecule has 1 saturated heterocycles.